The van der Waals surface area contributed by atoms with Crippen LogP contribution in [-0.2, 0) is 0 Å². The van der Waals surface area contributed by atoms with Crippen molar-refractivity contribution in [1.29, 1.82) is 0 Å². The SMILES string of the molecule is CC(=O)c1ccc(N2CCN(CCNC(=O)c3ccco3)CC2)c([N+](=O)[O-])c1. The third-order valence-corrected chi connectivity index (χ3v) is 4.75. The molecule has 0 unspecified atom stereocenters. The molecule has 3 rings (SSSR count). The molecular weight excluding hydrogens is 364 g/mol. The summed E-state index contributed by atoms with van der Waals surface area (Å²) in [5.41, 5.74) is 0.814. The van der Waals surface area contributed by atoms with Crippen LogP contribution in [0.2, 0.25) is 0 Å². The van der Waals surface area contributed by atoms with Crippen molar-refractivity contribution in [2.24, 2.45) is 0 Å². The summed E-state index contributed by atoms with van der Waals surface area (Å²) in [5, 5.41) is 14.2. The fourth-order valence-corrected chi connectivity index (χ4v) is 3.19. The molecule has 1 aliphatic heterocycles. The van der Waals surface area contributed by atoms with Gasteiger partial charge in [-0.05, 0) is 31.2 Å². The first-order valence-corrected chi connectivity index (χ1v) is 9.04. The fourth-order valence-electron chi connectivity index (χ4n) is 3.19. The normalized spacial score (nSPS) is 14.7. The van der Waals surface area contributed by atoms with E-state index in [-0.39, 0.29) is 23.1 Å². The molecule has 1 fully saturated rings. The van der Waals surface area contributed by atoms with E-state index >= 15 is 0 Å². The molecule has 0 bridgehead atoms. The van der Waals surface area contributed by atoms with Crippen molar-refractivity contribution in [3.8, 4) is 0 Å². The Kier molecular flexibility index (Phi) is 6.05. The van der Waals surface area contributed by atoms with Crippen LogP contribution in [-0.4, -0.2) is 60.8 Å². The van der Waals surface area contributed by atoms with E-state index in [0.29, 0.717) is 37.4 Å². The molecule has 1 aliphatic rings. The number of carbonyl (C=O) groups is 2. The third-order valence-electron chi connectivity index (χ3n) is 4.75. The fraction of sp³-hybridized carbons (Fsp3) is 0.368. The molecule has 1 aromatic carbocycles. The molecule has 0 aliphatic carbocycles. The predicted molar refractivity (Wildman–Crippen MR) is 103 cm³/mol. The number of nitro benzene ring substituents is 1. The number of nitro groups is 1. The second kappa shape index (κ2) is 8.66. The lowest BCUT2D eigenvalue weighted by molar-refractivity contribution is -0.384. The number of nitrogens with one attached hydrogen (secondary N) is 1. The molecular formula is C19H22N4O5. The summed E-state index contributed by atoms with van der Waals surface area (Å²) in [7, 11) is 0. The highest BCUT2D eigenvalue weighted by atomic mass is 16.6. The van der Waals surface area contributed by atoms with Crippen molar-refractivity contribution in [2.75, 3.05) is 44.2 Å². The Morgan fingerprint density at radius 3 is 2.57 bits per heavy atom. The summed E-state index contributed by atoms with van der Waals surface area (Å²) in [5.74, 6) is -0.160. The number of rotatable bonds is 7. The summed E-state index contributed by atoms with van der Waals surface area (Å²) in [4.78, 5) is 38.5. The van der Waals surface area contributed by atoms with Crippen molar-refractivity contribution in [1.82, 2.24) is 10.2 Å². The van der Waals surface area contributed by atoms with Gasteiger partial charge in [0.05, 0.1) is 11.2 Å². The lowest BCUT2D eigenvalue weighted by Crippen LogP contribution is -2.48. The van der Waals surface area contributed by atoms with E-state index in [0.717, 1.165) is 13.1 Å². The second-order valence-electron chi connectivity index (χ2n) is 6.58. The van der Waals surface area contributed by atoms with Crippen LogP contribution in [0.1, 0.15) is 27.8 Å². The number of carbonyl (C=O) groups excluding carboxylic acids is 2. The van der Waals surface area contributed by atoms with Gasteiger partial charge in [-0.25, -0.2) is 0 Å². The Labute approximate surface area is 162 Å². The highest BCUT2D eigenvalue weighted by molar-refractivity contribution is 5.95. The number of nitrogens with zero attached hydrogens (tertiary/aromatic N) is 3. The minimum absolute atomic E-state index is 0.0492. The summed E-state index contributed by atoms with van der Waals surface area (Å²) >= 11 is 0. The number of hydrogen-bond donors (Lipinski definition) is 1. The number of amides is 1. The van der Waals surface area contributed by atoms with Gasteiger partial charge in [0.1, 0.15) is 5.69 Å². The van der Waals surface area contributed by atoms with Gasteiger partial charge in [-0.3, -0.25) is 24.6 Å². The van der Waals surface area contributed by atoms with Crippen LogP contribution in [0.25, 0.3) is 0 Å². The van der Waals surface area contributed by atoms with Gasteiger partial charge in [-0.15, -0.1) is 0 Å². The van der Waals surface area contributed by atoms with E-state index in [2.05, 4.69) is 10.2 Å². The third kappa shape index (κ3) is 4.55. The summed E-state index contributed by atoms with van der Waals surface area (Å²) in [6, 6.07) is 7.89. The minimum Gasteiger partial charge on any atom is -0.459 e. The lowest BCUT2D eigenvalue weighted by Gasteiger charge is -2.35. The Balaban J connectivity index is 1.53. The van der Waals surface area contributed by atoms with Gasteiger partial charge in [0, 0.05) is 50.9 Å². The van der Waals surface area contributed by atoms with E-state index in [1.54, 1.807) is 24.3 Å². The molecule has 28 heavy (non-hydrogen) atoms. The minimum atomic E-state index is -0.446. The van der Waals surface area contributed by atoms with E-state index in [4.69, 9.17) is 4.42 Å². The summed E-state index contributed by atoms with van der Waals surface area (Å²) < 4.78 is 5.05. The van der Waals surface area contributed by atoms with Crippen molar-refractivity contribution in [2.45, 2.75) is 6.92 Å². The maximum absolute atomic E-state index is 11.8. The zero-order valence-electron chi connectivity index (χ0n) is 15.6. The molecule has 148 valence electrons. The van der Waals surface area contributed by atoms with Crippen molar-refractivity contribution < 1.29 is 18.9 Å². The predicted octanol–water partition coefficient (Wildman–Crippen LogP) is 1.94. The second-order valence-corrected chi connectivity index (χ2v) is 6.58. The summed E-state index contributed by atoms with van der Waals surface area (Å²) in [6.07, 6.45) is 1.45. The summed E-state index contributed by atoms with van der Waals surface area (Å²) in [6.45, 7) is 5.28. The first-order chi connectivity index (χ1) is 13.5. The maximum atomic E-state index is 11.8. The number of furan rings is 1. The molecule has 9 heteroatoms. The van der Waals surface area contributed by atoms with E-state index < -0.39 is 4.92 Å². The van der Waals surface area contributed by atoms with Gasteiger partial charge in [0.2, 0.25) is 0 Å². The van der Waals surface area contributed by atoms with Crippen LogP contribution >= 0.6 is 0 Å². The largest absolute Gasteiger partial charge is 0.459 e. The van der Waals surface area contributed by atoms with Crippen LogP contribution in [0.3, 0.4) is 0 Å². The number of hydrogen-bond acceptors (Lipinski definition) is 7. The topological polar surface area (TPSA) is 109 Å². The van der Waals surface area contributed by atoms with Gasteiger partial charge in [0.15, 0.2) is 11.5 Å². The molecule has 1 aromatic heterocycles. The zero-order valence-corrected chi connectivity index (χ0v) is 15.6. The van der Waals surface area contributed by atoms with Crippen LogP contribution in [0.5, 0.6) is 0 Å². The Morgan fingerprint density at radius 2 is 1.96 bits per heavy atom. The molecule has 0 radical (unpaired) electrons. The maximum Gasteiger partial charge on any atom is 0.293 e. The standard InChI is InChI=1S/C19H22N4O5/c1-14(24)15-4-5-16(17(13-15)23(26)27)22-10-8-21(9-11-22)7-6-20-19(25)18-3-2-12-28-18/h2-5,12-13H,6-11H2,1H3,(H,20,25). The average molecular weight is 386 g/mol. The Hall–Kier alpha value is -3.20. The van der Waals surface area contributed by atoms with Crippen LogP contribution in [0.15, 0.2) is 41.0 Å². The number of Topliss-reactive ketones (excluding diaryl/α,β-unsaturated/α-hetero) is 1. The van der Waals surface area contributed by atoms with Crippen LogP contribution < -0.4 is 10.2 Å². The zero-order chi connectivity index (χ0) is 20.1. The number of benzene rings is 1. The molecule has 9 nitrogen and oxygen atoms in total. The quantitative estimate of drug-likeness (QED) is 0.440. The number of piperazine rings is 1. The van der Waals surface area contributed by atoms with Crippen LogP contribution in [0.4, 0.5) is 11.4 Å². The number of anilines is 1. The highest BCUT2D eigenvalue weighted by Crippen LogP contribution is 2.30. The molecule has 1 saturated heterocycles. The van der Waals surface area contributed by atoms with E-state index in [9.17, 15) is 19.7 Å². The monoisotopic (exact) mass is 386 g/mol. The molecule has 1 amide bonds. The Bertz CT molecular complexity index is 857. The molecule has 0 saturated carbocycles. The molecule has 2 aromatic rings. The number of ketones is 1. The molecule has 0 spiro atoms. The smallest absolute Gasteiger partial charge is 0.293 e. The van der Waals surface area contributed by atoms with Crippen molar-refractivity contribution in [3.63, 3.8) is 0 Å². The van der Waals surface area contributed by atoms with Crippen LogP contribution in [0, 0.1) is 10.1 Å². The first kappa shape index (κ1) is 19.6. The molecule has 0 atom stereocenters. The van der Waals surface area contributed by atoms with Gasteiger partial charge in [0.25, 0.3) is 11.6 Å². The van der Waals surface area contributed by atoms with Crippen molar-refractivity contribution in [3.05, 3.63) is 58.0 Å². The van der Waals surface area contributed by atoms with Gasteiger partial charge in [-0.1, -0.05) is 0 Å². The molecule has 2 heterocycles. The first-order valence-electron chi connectivity index (χ1n) is 9.04. The highest BCUT2D eigenvalue weighted by Gasteiger charge is 2.24. The van der Waals surface area contributed by atoms with Gasteiger partial charge < -0.3 is 14.6 Å². The van der Waals surface area contributed by atoms with E-state index in [1.165, 1.54) is 19.3 Å². The average Bonchev–Trinajstić information content (AvgIpc) is 3.23. The van der Waals surface area contributed by atoms with Crippen molar-refractivity contribution >= 4 is 23.1 Å². The van der Waals surface area contributed by atoms with E-state index in [1.807, 2.05) is 4.90 Å². The Morgan fingerprint density at radius 1 is 1.21 bits per heavy atom. The lowest BCUT2D eigenvalue weighted by atomic mass is 10.1. The van der Waals surface area contributed by atoms with Gasteiger partial charge >= 0.3 is 0 Å². The molecule has 1 N–H and O–H groups in total. The van der Waals surface area contributed by atoms with Gasteiger partial charge in [-0.2, -0.15) is 0 Å².